The van der Waals surface area contributed by atoms with Gasteiger partial charge in [0.2, 0.25) is 0 Å². The number of rotatable bonds is 4. The molecule has 0 bridgehead atoms. The SMILES string of the molecule is CCOC(=O)CN(C)C(=O)c1cc(Cl)cc(Cl)c1. The second-order valence-corrected chi connectivity index (χ2v) is 4.50. The summed E-state index contributed by atoms with van der Waals surface area (Å²) < 4.78 is 4.76. The number of nitrogens with zero attached hydrogens (tertiary/aromatic N) is 1. The van der Waals surface area contributed by atoms with Crippen LogP contribution in [0.5, 0.6) is 0 Å². The first-order chi connectivity index (χ1) is 8.43. The van der Waals surface area contributed by atoms with Gasteiger partial charge in [0.15, 0.2) is 0 Å². The maximum Gasteiger partial charge on any atom is 0.325 e. The van der Waals surface area contributed by atoms with Crippen LogP contribution in [-0.2, 0) is 9.53 Å². The third-order valence-electron chi connectivity index (χ3n) is 2.13. The van der Waals surface area contributed by atoms with Gasteiger partial charge in [-0.05, 0) is 25.1 Å². The summed E-state index contributed by atoms with van der Waals surface area (Å²) in [5, 5.41) is 0.741. The van der Waals surface area contributed by atoms with Gasteiger partial charge in [0.05, 0.1) is 6.61 Å². The molecule has 4 nitrogen and oxygen atoms in total. The Morgan fingerprint density at radius 2 is 1.78 bits per heavy atom. The Labute approximate surface area is 115 Å². The van der Waals surface area contributed by atoms with Gasteiger partial charge < -0.3 is 9.64 Å². The number of ether oxygens (including phenoxy) is 1. The molecule has 1 aromatic rings. The minimum absolute atomic E-state index is 0.114. The van der Waals surface area contributed by atoms with Crippen LogP contribution in [-0.4, -0.2) is 37.0 Å². The number of esters is 1. The lowest BCUT2D eigenvalue weighted by atomic mass is 10.2. The number of halogens is 2. The maximum atomic E-state index is 12.0. The largest absolute Gasteiger partial charge is 0.465 e. The molecule has 0 aliphatic heterocycles. The van der Waals surface area contributed by atoms with E-state index in [4.69, 9.17) is 27.9 Å². The van der Waals surface area contributed by atoms with Gasteiger partial charge in [-0.3, -0.25) is 9.59 Å². The first kappa shape index (κ1) is 14.8. The fourth-order valence-corrected chi connectivity index (χ4v) is 1.90. The van der Waals surface area contributed by atoms with E-state index in [1.165, 1.54) is 30.1 Å². The summed E-state index contributed by atoms with van der Waals surface area (Å²) in [4.78, 5) is 24.5. The van der Waals surface area contributed by atoms with Crippen molar-refractivity contribution in [1.82, 2.24) is 4.90 Å². The molecule has 98 valence electrons. The molecule has 6 heteroatoms. The molecule has 0 aromatic heterocycles. The number of hydrogen-bond donors (Lipinski definition) is 0. The van der Waals surface area contributed by atoms with E-state index >= 15 is 0 Å². The lowest BCUT2D eigenvalue weighted by Crippen LogP contribution is -2.33. The minimum Gasteiger partial charge on any atom is -0.465 e. The van der Waals surface area contributed by atoms with Gasteiger partial charge in [0.25, 0.3) is 5.91 Å². The molecule has 1 amide bonds. The van der Waals surface area contributed by atoms with Gasteiger partial charge in [-0.15, -0.1) is 0 Å². The number of amides is 1. The fourth-order valence-electron chi connectivity index (χ4n) is 1.37. The van der Waals surface area contributed by atoms with Gasteiger partial charge >= 0.3 is 5.97 Å². The molecular weight excluding hydrogens is 277 g/mol. The van der Waals surface area contributed by atoms with Gasteiger partial charge in [0.1, 0.15) is 6.54 Å². The average molecular weight is 290 g/mol. The quantitative estimate of drug-likeness (QED) is 0.801. The molecule has 0 heterocycles. The number of likely N-dealkylation sites (N-methyl/N-ethyl adjacent to an activating group) is 1. The lowest BCUT2D eigenvalue weighted by Gasteiger charge is -2.16. The normalized spacial score (nSPS) is 10.0. The average Bonchev–Trinajstić information content (AvgIpc) is 2.26. The summed E-state index contributed by atoms with van der Waals surface area (Å²) in [7, 11) is 1.51. The van der Waals surface area contributed by atoms with Crippen LogP contribution in [0.1, 0.15) is 17.3 Å². The predicted octanol–water partition coefficient (Wildman–Crippen LogP) is 2.63. The van der Waals surface area contributed by atoms with E-state index < -0.39 is 5.97 Å². The highest BCUT2D eigenvalue weighted by Gasteiger charge is 2.16. The van der Waals surface area contributed by atoms with Crippen molar-refractivity contribution < 1.29 is 14.3 Å². The van der Waals surface area contributed by atoms with E-state index in [9.17, 15) is 9.59 Å². The third kappa shape index (κ3) is 4.20. The molecule has 0 N–H and O–H groups in total. The topological polar surface area (TPSA) is 46.6 Å². The van der Waals surface area contributed by atoms with E-state index in [0.717, 1.165) is 0 Å². The Hall–Kier alpha value is -1.26. The number of benzene rings is 1. The molecular formula is C12H13Cl2NO3. The summed E-state index contributed by atoms with van der Waals surface area (Å²) in [6.07, 6.45) is 0. The Kier molecular flexibility index (Phi) is 5.44. The van der Waals surface area contributed by atoms with Crippen LogP contribution in [0.3, 0.4) is 0 Å². The minimum atomic E-state index is -0.457. The third-order valence-corrected chi connectivity index (χ3v) is 2.56. The van der Waals surface area contributed by atoms with Crippen molar-refractivity contribution in [1.29, 1.82) is 0 Å². The van der Waals surface area contributed by atoms with Crippen molar-refractivity contribution in [2.45, 2.75) is 6.92 Å². The summed E-state index contributed by atoms with van der Waals surface area (Å²) in [6.45, 7) is 1.87. The van der Waals surface area contributed by atoms with Crippen molar-refractivity contribution >= 4 is 35.1 Å². The lowest BCUT2D eigenvalue weighted by molar-refractivity contribution is -0.143. The van der Waals surface area contributed by atoms with Gasteiger partial charge in [0, 0.05) is 22.7 Å². The van der Waals surface area contributed by atoms with Crippen molar-refractivity contribution in [2.75, 3.05) is 20.2 Å². The molecule has 0 saturated carbocycles. The molecule has 1 rings (SSSR count). The standard InChI is InChI=1S/C12H13Cl2NO3/c1-3-18-11(16)7-15(2)12(17)8-4-9(13)6-10(14)5-8/h4-6H,3,7H2,1-2H3. The summed E-state index contributed by atoms with van der Waals surface area (Å²) >= 11 is 11.6. The zero-order valence-corrected chi connectivity index (χ0v) is 11.6. The number of hydrogen-bond acceptors (Lipinski definition) is 3. The van der Waals surface area contributed by atoms with Gasteiger partial charge in [-0.1, -0.05) is 23.2 Å². The molecule has 0 atom stereocenters. The second kappa shape index (κ2) is 6.61. The van der Waals surface area contributed by atoms with Crippen LogP contribution in [0.25, 0.3) is 0 Å². The molecule has 0 saturated heterocycles. The van der Waals surface area contributed by atoms with Gasteiger partial charge in [-0.2, -0.15) is 0 Å². The smallest absolute Gasteiger partial charge is 0.325 e. The first-order valence-corrected chi connectivity index (χ1v) is 6.06. The highest BCUT2D eigenvalue weighted by molar-refractivity contribution is 6.35. The summed E-state index contributed by atoms with van der Waals surface area (Å²) in [5.74, 6) is -0.797. The fraction of sp³-hybridized carbons (Fsp3) is 0.333. The summed E-state index contributed by atoms with van der Waals surface area (Å²) in [5.41, 5.74) is 0.333. The molecule has 0 unspecified atom stereocenters. The van der Waals surface area contributed by atoms with Crippen molar-refractivity contribution in [3.05, 3.63) is 33.8 Å². The highest BCUT2D eigenvalue weighted by atomic mass is 35.5. The zero-order valence-electron chi connectivity index (χ0n) is 10.1. The van der Waals surface area contributed by atoms with Crippen LogP contribution in [0.4, 0.5) is 0 Å². The summed E-state index contributed by atoms with van der Waals surface area (Å²) in [6, 6.07) is 4.53. The monoisotopic (exact) mass is 289 g/mol. The van der Waals surface area contributed by atoms with Crippen LogP contribution in [0.15, 0.2) is 18.2 Å². The van der Waals surface area contributed by atoms with E-state index in [2.05, 4.69) is 0 Å². The Morgan fingerprint density at radius 1 is 1.22 bits per heavy atom. The van der Waals surface area contributed by atoms with Crippen LogP contribution in [0.2, 0.25) is 10.0 Å². The maximum absolute atomic E-state index is 12.0. The highest BCUT2D eigenvalue weighted by Crippen LogP contribution is 2.19. The van der Waals surface area contributed by atoms with Crippen LogP contribution >= 0.6 is 23.2 Å². The first-order valence-electron chi connectivity index (χ1n) is 5.31. The van der Waals surface area contributed by atoms with Crippen molar-refractivity contribution in [2.24, 2.45) is 0 Å². The Bertz CT molecular complexity index is 442. The van der Waals surface area contributed by atoms with Crippen LogP contribution < -0.4 is 0 Å². The number of carbonyl (C=O) groups excluding carboxylic acids is 2. The second-order valence-electron chi connectivity index (χ2n) is 3.62. The zero-order chi connectivity index (χ0) is 13.7. The predicted molar refractivity (Wildman–Crippen MR) is 70.1 cm³/mol. The van der Waals surface area contributed by atoms with Gasteiger partial charge in [-0.25, -0.2) is 0 Å². The van der Waals surface area contributed by atoms with E-state index in [-0.39, 0.29) is 19.1 Å². The number of carbonyl (C=O) groups is 2. The molecule has 0 radical (unpaired) electrons. The molecule has 0 fully saturated rings. The molecule has 1 aromatic carbocycles. The van der Waals surface area contributed by atoms with Crippen molar-refractivity contribution in [3.63, 3.8) is 0 Å². The Morgan fingerprint density at radius 3 is 2.28 bits per heavy atom. The molecule has 0 spiro atoms. The van der Waals surface area contributed by atoms with Crippen molar-refractivity contribution in [3.8, 4) is 0 Å². The van der Waals surface area contributed by atoms with Crippen LogP contribution in [0, 0.1) is 0 Å². The molecule has 18 heavy (non-hydrogen) atoms. The molecule has 0 aliphatic carbocycles. The van der Waals surface area contributed by atoms with E-state index in [1.807, 2.05) is 0 Å². The van der Waals surface area contributed by atoms with E-state index in [0.29, 0.717) is 15.6 Å². The Balaban J connectivity index is 2.77. The molecule has 0 aliphatic rings. The van der Waals surface area contributed by atoms with E-state index in [1.54, 1.807) is 6.92 Å².